The zero-order chi connectivity index (χ0) is 46.2. The van der Waals surface area contributed by atoms with Crippen LogP contribution in [0, 0.1) is 0 Å². The second-order valence-electron chi connectivity index (χ2n) is 15.3. The first-order valence-corrected chi connectivity index (χ1v) is 22.9. The van der Waals surface area contributed by atoms with Crippen LogP contribution < -0.4 is 0 Å². The van der Waals surface area contributed by atoms with Gasteiger partial charge in [-0.2, -0.15) is 0 Å². The molecule has 3 rings (SSSR count). The molecule has 0 amide bonds. The fourth-order valence-corrected chi connectivity index (χ4v) is 6.09. The Morgan fingerprint density at radius 2 is 0.538 bits per heavy atom. The van der Waals surface area contributed by atoms with Gasteiger partial charge in [0.1, 0.15) is 11.2 Å². The minimum Gasteiger partial charge on any atom is -0.460 e. The van der Waals surface area contributed by atoms with Crippen LogP contribution in [0.2, 0.25) is 0 Å². The highest BCUT2D eigenvalue weighted by Gasteiger charge is 2.37. The van der Waals surface area contributed by atoms with Gasteiger partial charge >= 0.3 is 5.97 Å². The molecule has 15 heteroatoms. The zero-order valence-corrected chi connectivity index (χ0v) is 39.2. The molecule has 0 heterocycles. The lowest BCUT2D eigenvalue weighted by atomic mass is 9.80. The number of ether oxygens (including phenoxy) is 14. The largest absolute Gasteiger partial charge is 0.460 e. The van der Waals surface area contributed by atoms with Crippen LogP contribution in [-0.4, -0.2) is 177 Å². The van der Waals surface area contributed by atoms with Crippen molar-refractivity contribution in [3.8, 4) is 0 Å². The molecule has 0 aliphatic rings. The molecule has 0 saturated heterocycles. The molecule has 0 radical (unpaired) electrons. The molecule has 0 aromatic heterocycles. The van der Waals surface area contributed by atoms with E-state index in [1.54, 1.807) is 0 Å². The van der Waals surface area contributed by atoms with Gasteiger partial charge in [0, 0.05) is 0 Å². The van der Waals surface area contributed by atoms with Crippen molar-refractivity contribution in [2.45, 2.75) is 38.4 Å². The van der Waals surface area contributed by atoms with Crippen LogP contribution in [0.15, 0.2) is 91.0 Å². The van der Waals surface area contributed by atoms with Gasteiger partial charge in [-0.05, 0) is 37.5 Å². The van der Waals surface area contributed by atoms with Crippen molar-refractivity contribution in [1.29, 1.82) is 0 Å². The molecule has 0 spiro atoms. The van der Waals surface area contributed by atoms with Crippen LogP contribution in [0.5, 0.6) is 0 Å². The average molecular weight is 917 g/mol. The first-order valence-electron chi connectivity index (χ1n) is 22.9. The molecule has 0 bridgehead atoms. The number of rotatable bonds is 43. The lowest BCUT2D eigenvalue weighted by molar-refractivity contribution is -0.156. The van der Waals surface area contributed by atoms with Crippen LogP contribution in [0.4, 0.5) is 0 Å². The molecule has 3 aromatic rings. The van der Waals surface area contributed by atoms with E-state index in [1.807, 2.05) is 75.4 Å². The Balaban J connectivity index is 0.986. The van der Waals surface area contributed by atoms with Crippen LogP contribution in [0.1, 0.15) is 43.9 Å². The summed E-state index contributed by atoms with van der Waals surface area (Å²) in [7, 11) is 0. The van der Waals surface area contributed by atoms with E-state index >= 15 is 0 Å². The molecule has 0 N–H and O–H groups in total. The van der Waals surface area contributed by atoms with Crippen molar-refractivity contribution in [3.63, 3.8) is 0 Å². The third-order valence-electron chi connectivity index (χ3n) is 9.05. The van der Waals surface area contributed by atoms with E-state index in [-0.39, 0.29) is 12.4 Å². The molecular weight excluding hydrogens is 841 g/mol. The predicted octanol–water partition coefficient (Wildman–Crippen LogP) is 5.93. The molecule has 0 fully saturated rings. The summed E-state index contributed by atoms with van der Waals surface area (Å²) in [5.74, 6) is -0.268. The lowest BCUT2D eigenvalue weighted by Crippen LogP contribution is -2.34. The van der Waals surface area contributed by atoms with E-state index in [2.05, 4.69) is 36.4 Å². The standard InChI is InChI=1S/C50H76O15/c1-49(2,3)65-48(51)19-20-52-21-22-53-23-24-54-25-26-55-27-28-56-29-30-57-31-32-58-33-34-59-35-36-60-37-38-61-39-40-62-41-42-63-43-44-64-50(45-13-7-4-8-14-45,46-15-9-5-10-16-46)47-17-11-6-12-18-47/h4-18H,19-44H2,1-3H3. The third kappa shape index (κ3) is 27.8. The Morgan fingerprint density at radius 3 is 0.769 bits per heavy atom. The number of esters is 1. The molecule has 0 aliphatic carbocycles. The first-order chi connectivity index (χ1) is 31.9. The smallest absolute Gasteiger partial charge is 0.308 e. The second-order valence-corrected chi connectivity index (χ2v) is 15.3. The predicted molar refractivity (Wildman–Crippen MR) is 245 cm³/mol. The SMILES string of the molecule is CC(C)(C)OC(=O)CCOCCOCCOCCOCCOCCOCCOCCOCCOCCOCCOCCOCCOC(c1ccccc1)(c1ccccc1)c1ccccc1. The van der Waals surface area contributed by atoms with E-state index in [0.717, 1.165) is 16.7 Å². The van der Waals surface area contributed by atoms with E-state index in [4.69, 9.17) is 66.3 Å². The van der Waals surface area contributed by atoms with E-state index in [9.17, 15) is 4.79 Å². The highest BCUT2D eigenvalue weighted by atomic mass is 16.6. The van der Waals surface area contributed by atoms with E-state index in [1.165, 1.54) is 0 Å². The summed E-state index contributed by atoms with van der Waals surface area (Å²) in [6.45, 7) is 17.1. The number of carbonyl (C=O) groups excluding carboxylic acids is 1. The molecule has 0 aliphatic heterocycles. The highest BCUT2D eigenvalue weighted by Crippen LogP contribution is 2.40. The van der Waals surface area contributed by atoms with Crippen molar-refractivity contribution in [2.24, 2.45) is 0 Å². The first kappa shape index (κ1) is 55.9. The van der Waals surface area contributed by atoms with Gasteiger partial charge < -0.3 is 66.3 Å². The fourth-order valence-electron chi connectivity index (χ4n) is 6.09. The third-order valence-corrected chi connectivity index (χ3v) is 9.05. The fraction of sp³-hybridized carbons (Fsp3) is 0.620. The van der Waals surface area contributed by atoms with Gasteiger partial charge in [-0.1, -0.05) is 91.0 Å². The number of hydrogen-bond acceptors (Lipinski definition) is 15. The molecule has 0 atom stereocenters. The maximum Gasteiger partial charge on any atom is 0.308 e. The summed E-state index contributed by atoms with van der Waals surface area (Å²) in [6.07, 6.45) is 0.227. The van der Waals surface area contributed by atoms with Crippen molar-refractivity contribution >= 4 is 5.97 Å². The zero-order valence-electron chi connectivity index (χ0n) is 39.2. The van der Waals surface area contributed by atoms with Gasteiger partial charge in [-0.25, -0.2) is 0 Å². The Labute approximate surface area is 387 Å². The molecular formula is C50H76O15. The van der Waals surface area contributed by atoms with Crippen LogP contribution in [0.3, 0.4) is 0 Å². The number of hydrogen-bond donors (Lipinski definition) is 0. The molecule has 0 saturated carbocycles. The molecule has 0 unspecified atom stereocenters. The van der Waals surface area contributed by atoms with E-state index in [0.29, 0.717) is 165 Å². The maximum atomic E-state index is 11.6. The van der Waals surface area contributed by atoms with Gasteiger partial charge in [0.2, 0.25) is 0 Å². The van der Waals surface area contributed by atoms with Crippen molar-refractivity contribution in [3.05, 3.63) is 108 Å². The summed E-state index contributed by atoms with van der Waals surface area (Å²) in [6, 6.07) is 31.0. The Kier molecular flexibility index (Phi) is 32.4. The summed E-state index contributed by atoms with van der Waals surface area (Å²) >= 11 is 0. The number of benzene rings is 3. The Morgan fingerprint density at radius 1 is 0.323 bits per heavy atom. The Hall–Kier alpha value is -3.39. The van der Waals surface area contributed by atoms with Crippen molar-refractivity contribution in [2.75, 3.05) is 165 Å². The van der Waals surface area contributed by atoms with Gasteiger partial charge in [-0.3, -0.25) is 4.79 Å². The molecule has 366 valence electrons. The summed E-state index contributed by atoms with van der Waals surface area (Å²) in [5, 5.41) is 0. The summed E-state index contributed by atoms with van der Waals surface area (Å²) in [4.78, 5) is 11.6. The second kappa shape index (κ2) is 37.7. The number of carbonyl (C=O) groups is 1. The quantitative estimate of drug-likeness (QED) is 0.0376. The summed E-state index contributed by atoms with van der Waals surface area (Å²) in [5.41, 5.74) is 1.95. The molecule has 15 nitrogen and oxygen atoms in total. The topological polar surface area (TPSA) is 146 Å². The van der Waals surface area contributed by atoms with Gasteiger partial charge in [0.15, 0.2) is 0 Å². The minimum atomic E-state index is -0.759. The van der Waals surface area contributed by atoms with Crippen LogP contribution in [-0.2, 0) is 76.7 Å². The van der Waals surface area contributed by atoms with Crippen molar-refractivity contribution < 1.29 is 71.1 Å². The molecule has 65 heavy (non-hydrogen) atoms. The maximum absolute atomic E-state index is 11.6. The van der Waals surface area contributed by atoms with Crippen LogP contribution in [0.25, 0.3) is 0 Å². The van der Waals surface area contributed by atoms with Crippen LogP contribution >= 0.6 is 0 Å². The lowest BCUT2D eigenvalue weighted by Gasteiger charge is -2.36. The summed E-state index contributed by atoms with van der Waals surface area (Å²) < 4.78 is 78.5. The highest BCUT2D eigenvalue weighted by molar-refractivity contribution is 5.69. The normalized spacial score (nSPS) is 11.9. The molecule has 3 aromatic carbocycles. The van der Waals surface area contributed by atoms with Gasteiger partial charge in [0.05, 0.1) is 172 Å². The monoisotopic (exact) mass is 917 g/mol. The van der Waals surface area contributed by atoms with Gasteiger partial charge in [-0.15, -0.1) is 0 Å². The minimum absolute atomic E-state index is 0.227. The van der Waals surface area contributed by atoms with Crippen molar-refractivity contribution in [1.82, 2.24) is 0 Å². The average Bonchev–Trinajstić information content (AvgIpc) is 3.31. The Bertz CT molecular complexity index is 1410. The van der Waals surface area contributed by atoms with E-state index < -0.39 is 11.2 Å². The van der Waals surface area contributed by atoms with Gasteiger partial charge in [0.25, 0.3) is 0 Å².